The summed E-state index contributed by atoms with van der Waals surface area (Å²) in [6.45, 7) is 9.69. The van der Waals surface area contributed by atoms with Gasteiger partial charge >= 0.3 is 11.9 Å². The first-order valence-electron chi connectivity index (χ1n) is 17.6. The van der Waals surface area contributed by atoms with Crippen LogP contribution in [-0.4, -0.2) is 45.4 Å². The summed E-state index contributed by atoms with van der Waals surface area (Å²) in [5, 5.41) is 15.8. The van der Waals surface area contributed by atoms with E-state index in [-0.39, 0.29) is 11.5 Å². The quantitative estimate of drug-likeness (QED) is 0.0803. The maximum Gasteiger partial charge on any atom is 0.340 e. The number of esters is 1. The van der Waals surface area contributed by atoms with Gasteiger partial charge in [0.1, 0.15) is 0 Å². The number of nitrogens with one attached hydrogen (secondary N) is 2. The lowest BCUT2D eigenvalue weighted by Crippen LogP contribution is -2.10. The van der Waals surface area contributed by atoms with E-state index in [4.69, 9.17) is 16.2 Å². The molecule has 0 aliphatic heterocycles. The summed E-state index contributed by atoms with van der Waals surface area (Å²) in [4.78, 5) is 55.6. The van der Waals surface area contributed by atoms with E-state index in [2.05, 4.69) is 20.6 Å². The van der Waals surface area contributed by atoms with Gasteiger partial charge in [-0.15, -0.1) is 0 Å². The molecule has 0 atom stereocenters. The topological polar surface area (TPSA) is 200 Å². The fraction of sp³-hybridized carbons (Fsp3) is 0.136. The van der Waals surface area contributed by atoms with Crippen LogP contribution in [0.15, 0.2) is 109 Å². The van der Waals surface area contributed by atoms with Crippen molar-refractivity contribution < 1.29 is 29.0 Å². The molecule has 0 spiro atoms. The molecule has 0 saturated heterocycles. The van der Waals surface area contributed by atoms with Gasteiger partial charge in [0.25, 0.3) is 0 Å². The Balaban J connectivity index is 0.000000215. The van der Waals surface area contributed by atoms with E-state index >= 15 is 0 Å². The third kappa shape index (κ3) is 9.79. The predicted octanol–water partition coefficient (Wildman–Crippen LogP) is 8.29. The minimum atomic E-state index is -0.995. The number of amides is 2. The highest BCUT2D eigenvalue weighted by Gasteiger charge is 2.15. The molecular formula is C44H42N6O6. The third-order valence-electron chi connectivity index (χ3n) is 8.63. The number of carboxylic acids is 1. The Kier molecular flexibility index (Phi) is 12.6. The van der Waals surface area contributed by atoms with Gasteiger partial charge in [-0.1, -0.05) is 47.5 Å². The van der Waals surface area contributed by atoms with Crippen LogP contribution in [0.2, 0.25) is 0 Å². The van der Waals surface area contributed by atoms with Gasteiger partial charge in [0.05, 0.1) is 64.3 Å². The Morgan fingerprint density at radius 1 is 0.625 bits per heavy atom. The molecule has 56 heavy (non-hydrogen) atoms. The number of aryl methyl sites for hydroxylation is 4. The van der Waals surface area contributed by atoms with Crippen molar-refractivity contribution in [3.63, 3.8) is 0 Å². The van der Waals surface area contributed by atoms with Crippen molar-refractivity contribution in [1.82, 2.24) is 9.97 Å². The number of hydrogen-bond acceptors (Lipinski definition) is 9. The highest BCUT2D eigenvalue weighted by molar-refractivity contribution is 5.98. The van der Waals surface area contributed by atoms with Gasteiger partial charge in [-0.3, -0.25) is 19.6 Å². The van der Waals surface area contributed by atoms with Crippen molar-refractivity contribution >= 4 is 46.5 Å². The molecule has 0 aliphatic rings. The maximum atomic E-state index is 12.3. The van der Waals surface area contributed by atoms with E-state index < -0.39 is 17.8 Å². The molecule has 2 aromatic heterocycles. The number of rotatable bonds is 11. The van der Waals surface area contributed by atoms with Crippen LogP contribution in [0.5, 0.6) is 0 Å². The van der Waals surface area contributed by atoms with Crippen molar-refractivity contribution in [2.24, 2.45) is 11.5 Å². The van der Waals surface area contributed by atoms with Crippen molar-refractivity contribution in [3.8, 4) is 22.5 Å². The number of carboxylic acid groups (broad SMARTS) is 1. The normalized spacial score (nSPS) is 10.4. The first kappa shape index (κ1) is 39.9. The lowest BCUT2D eigenvalue weighted by atomic mass is 10.0. The number of anilines is 4. The molecule has 2 amide bonds. The second-order valence-electron chi connectivity index (χ2n) is 13.0. The van der Waals surface area contributed by atoms with Crippen molar-refractivity contribution in [3.05, 3.63) is 154 Å². The molecule has 0 fully saturated rings. The highest BCUT2D eigenvalue weighted by Crippen LogP contribution is 2.29. The Labute approximate surface area is 324 Å². The molecule has 12 heteroatoms. The fourth-order valence-electron chi connectivity index (χ4n) is 5.93. The zero-order valence-corrected chi connectivity index (χ0v) is 31.6. The minimum Gasteiger partial charge on any atom is -0.478 e. The summed E-state index contributed by atoms with van der Waals surface area (Å²) in [7, 11) is 0. The zero-order chi connectivity index (χ0) is 40.5. The molecular weight excluding hydrogens is 709 g/mol. The Hall–Kier alpha value is -7.34. The molecule has 0 radical (unpaired) electrons. The monoisotopic (exact) mass is 750 g/mol. The number of aromatic nitrogens is 2. The summed E-state index contributed by atoms with van der Waals surface area (Å²) < 4.78 is 5.16. The number of hydrogen-bond donors (Lipinski definition) is 5. The van der Waals surface area contributed by atoms with Crippen LogP contribution in [0.1, 0.15) is 70.6 Å². The summed E-state index contributed by atoms with van der Waals surface area (Å²) in [5.74, 6) is -2.34. The molecule has 7 N–H and O–H groups in total. The summed E-state index contributed by atoms with van der Waals surface area (Å²) >= 11 is 0. The smallest absolute Gasteiger partial charge is 0.340 e. The molecule has 6 rings (SSSR count). The van der Waals surface area contributed by atoms with Crippen LogP contribution in [0.4, 0.5) is 22.7 Å². The maximum absolute atomic E-state index is 12.3. The number of nitrogens with two attached hydrogens (primary N) is 2. The van der Waals surface area contributed by atoms with Crippen molar-refractivity contribution in [2.45, 2.75) is 34.6 Å². The molecule has 284 valence electrons. The van der Waals surface area contributed by atoms with Crippen LogP contribution in [0, 0.1) is 27.7 Å². The minimum absolute atomic E-state index is 0.200. The zero-order valence-electron chi connectivity index (χ0n) is 31.6. The van der Waals surface area contributed by atoms with Crippen LogP contribution >= 0.6 is 0 Å². The second kappa shape index (κ2) is 17.7. The SMILES string of the molecule is CCOC(=O)c1cc(C)ccc1Nc1cnc(-c2cccc(C(N)=O)c2)c(C)c1.Cc1ccc(Nc2cnc(-c3cccc(C(N)=O)c3)c(C)c2)c(C(=O)O)c1. The lowest BCUT2D eigenvalue weighted by Gasteiger charge is -2.14. The average molecular weight is 751 g/mol. The van der Waals surface area contributed by atoms with Gasteiger partial charge in [-0.25, -0.2) is 9.59 Å². The number of carbonyl (C=O) groups excluding carboxylic acids is 3. The molecule has 0 bridgehead atoms. The van der Waals surface area contributed by atoms with E-state index in [1.807, 2.05) is 70.2 Å². The van der Waals surface area contributed by atoms with E-state index in [9.17, 15) is 24.3 Å². The third-order valence-corrected chi connectivity index (χ3v) is 8.63. The summed E-state index contributed by atoms with van der Waals surface area (Å²) in [6, 6.07) is 28.6. The van der Waals surface area contributed by atoms with Gasteiger partial charge in [0.15, 0.2) is 0 Å². The van der Waals surface area contributed by atoms with Crippen LogP contribution in [-0.2, 0) is 4.74 Å². The summed E-state index contributed by atoms with van der Waals surface area (Å²) in [6.07, 6.45) is 3.32. The summed E-state index contributed by atoms with van der Waals surface area (Å²) in [5.41, 5.74) is 21.5. The standard InChI is InChI=1S/C23H23N3O3.C21H19N3O3/c1-4-29-23(28)19-10-14(2)8-9-20(19)26-18-11-15(3)21(25-13-18)16-6-5-7-17(12-16)22(24)27;1-12-6-7-18(17(8-12)21(26)27)24-16-9-13(2)19(23-11-16)14-4-3-5-15(10-14)20(22)25/h5-13,26H,4H2,1-3H3,(H2,24,27);3-11,24H,1-2H3,(H2,22,25)(H,26,27). The number of aromatic carboxylic acids is 1. The Morgan fingerprint density at radius 3 is 1.48 bits per heavy atom. The fourth-order valence-corrected chi connectivity index (χ4v) is 5.93. The van der Waals surface area contributed by atoms with Crippen molar-refractivity contribution in [2.75, 3.05) is 17.2 Å². The van der Waals surface area contributed by atoms with Crippen molar-refractivity contribution in [1.29, 1.82) is 0 Å². The molecule has 0 aliphatic carbocycles. The van der Waals surface area contributed by atoms with Gasteiger partial charge in [-0.05, 0) is 106 Å². The molecule has 12 nitrogen and oxygen atoms in total. The van der Waals surface area contributed by atoms with Crippen LogP contribution in [0.3, 0.4) is 0 Å². The van der Waals surface area contributed by atoms with Crippen LogP contribution < -0.4 is 22.1 Å². The Morgan fingerprint density at radius 2 is 1.07 bits per heavy atom. The first-order chi connectivity index (χ1) is 26.7. The molecule has 6 aromatic rings. The van der Waals surface area contributed by atoms with E-state index in [0.29, 0.717) is 40.4 Å². The van der Waals surface area contributed by atoms with E-state index in [1.54, 1.807) is 73.9 Å². The first-order valence-corrected chi connectivity index (χ1v) is 17.6. The number of benzene rings is 4. The molecule has 0 unspecified atom stereocenters. The second-order valence-corrected chi connectivity index (χ2v) is 13.0. The highest BCUT2D eigenvalue weighted by atomic mass is 16.5. The number of carbonyl (C=O) groups is 4. The predicted molar refractivity (Wildman–Crippen MR) is 218 cm³/mol. The average Bonchev–Trinajstić information content (AvgIpc) is 3.16. The lowest BCUT2D eigenvalue weighted by molar-refractivity contribution is 0.0526. The molecule has 0 saturated carbocycles. The van der Waals surface area contributed by atoms with Gasteiger partial charge in [-0.2, -0.15) is 0 Å². The number of ether oxygens (including phenoxy) is 1. The van der Waals surface area contributed by atoms with E-state index in [0.717, 1.165) is 50.5 Å². The van der Waals surface area contributed by atoms with Crippen LogP contribution in [0.25, 0.3) is 22.5 Å². The number of primary amides is 2. The number of pyridine rings is 2. The van der Waals surface area contributed by atoms with Gasteiger partial charge < -0.3 is 31.9 Å². The molecule has 4 aromatic carbocycles. The van der Waals surface area contributed by atoms with Gasteiger partial charge in [0, 0.05) is 22.3 Å². The van der Waals surface area contributed by atoms with Gasteiger partial charge in [0.2, 0.25) is 11.8 Å². The molecule has 2 heterocycles. The number of nitrogens with zero attached hydrogens (tertiary/aromatic N) is 2. The van der Waals surface area contributed by atoms with E-state index in [1.165, 1.54) is 0 Å². The largest absolute Gasteiger partial charge is 0.478 e. The Bertz CT molecular complexity index is 2460.